The van der Waals surface area contributed by atoms with Crippen molar-refractivity contribution in [3.8, 4) is 11.5 Å². The monoisotopic (exact) mass is 380 g/mol. The molecule has 0 amide bonds. The summed E-state index contributed by atoms with van der Waals surface area (Å²) in [7, 11) is 0. The number of benzene rings is 2. The van der Waals surface area contributed by atoms with Gasteiger partial charge < -0.3 is 16.2 Å². The summed E-state index contributed by atoms with van der Waals surface area (Å²) in [6.45, 7) is 0. The molecule has 2 rings (SSSR count). The van der Waals surface area contributed by atoms with E-state index < -0.39 is 65.3 Å². The Morgan fingerprint density at radius 3 is 1.22 bits per heavy atom. The quantitative estimate of drug-likeness (QED) is 0.418. The predicted molar refractivity (Wildman–Crippen MR) is 88.4 cm³/mol. The van der Waals surface area contributed by atoms with Crippen LogP contribution >= 0.6 is 0 Å². The first kappa shape index (κ1) is 18.8. The van der Waals surface area contributed by atoms with Gasteiger partial charge in [0.25, 0.3) is 0 Å². The molecule has 0 saturated heterocycles. The van der Waals surface area contributed by atoms with Crippen LogP contribution in [0.15, 0.2) is 24.3 Å². The third kappa shape index (κ3) is 3.31. The van der Waals surface area contributed by atoms with E-state index >= 15 is 0 Å². The second kappa shape index (κ2) is 6.75. The summed E-state index contributed by atoms with van der Waals surface area (Å²) in [4.78, 5) is 39.6. The average molecular weight is 380 g/mol. The molecule has 0 fully saturated rings. The molecular weight excluding hydrogens is 372 g/mol. The lowest BCUT2D eigenvalue weighted by molar-refractivity contribution is -0.421. The van der Waals surface area contributed by atoms with Gasteiger partial charge in [-0.1, -0.05) is 0 Å². The molecule has 0 saturated carbocycles. The zero-order chi connectivity index (χ0) is 20.5. The summed E-state index contributed by atoms with van der Waals surface area (Å²) in [5, 5.41) is 43.9. The van der Waals surface area contributed by atoms with E-state index in [4.69, 9.17) is 16.2 Å². The van der Waals surface area contributed by atoms with Gasteiger partial charge in [-0.3, -0.25) is 40.5 Å². The minimum Gasteiger partial charge on any atom is -0.452 e. The fourth-order valence-corrected chi connectivity index (χ4v) is 2.13. The second-order valence-corrected chi connectivity index (χ2v) is 4.82. The van der Waals surface area contributed by atoms with E-state index in [2.05, 4.69) is 0 Å². The zero-order valence-corrected chi connectivity index (χ0v) is 12.9. The van der Waals surface area contributed by atoms with Crippen LogP contribution in [0.3, 0.4) is 0 Å². The minimum absolute atomic E-state index is 0.456. The molecule has 2 aromatic carbocycles. The molecule has 15 nitrogen and oxygen atoms in total. The van der Waals surface area contributed by atoms with Crippen LogP contribution < -0.4 is 16.2 Å². The molecule has 0 aliphatic carbocycles. The highest BCUT2D eigenvalue weighted by Gasteiger charge is 2.33. The Labute approximate surface area is 147 Å². The number of hydrogen-bond acceptors (Lipinski definition) is 11. The Bertz CT molecular complexity index is 926. The Morgan fingerprint density at radius 2 is 0.963 bits per heavy atom. The smallest absolute Gasteiger partial charge is 0.372 e. The van der Waals surface area contributed by atoms with Gasteiger partial charge in [-0.2, -0.15) is 0 Å². The Balaban J connectivity index is 2.62. The van der Waals surface area contributed by atoms with Crippen molar-refractivity contribution in [1.82, 2.24) is 0 Å². The summed E-state index contributed by atoms with van der Waals surface area (Å²) in [5.74, 6) is -0.913. The zero-order valence-electron chi connectivity index (χ0n) is 12.9. The van der Waals surface area contributed by atoms with Crippen molar-refractivity contribution in [2.45, 2.75) is 0 Å². The van der Waals surface area contributed by atoms with Gasteiger partial charge in [-0.05, 0) is 12.1 Å². The Kier molecular flexibility index (Phi) is 4.69. The van der Waals surface area contributed by atoms with Crippen molar-refractivity contribution in [2.75, 3.05) is 11.5 Å². The van der Waals surface area contributed by atoms with Gasteiger partial charge in [0.2, 0.25) is 0 Å². The van der Waals surface area contributed by atoms with E-state index in [1.807, 2.05) is 0 Å². The highest BCUT2D eigenvalue weighted by atomic mass is 16.6. The molecule has 140 valence electrons. The van der Waals surface area contributed by atoms with Crippen LogP contribution in [-0.2, 0) is 0 Å². The summed E-state index contributed by atoms with van der Waals surface area (Å²) >= 11 is 0. The predicted octanol–water partition coefficient (Wildman–Crippen LogP) is 2.28. The second-order valence-electron chi connectivity index (χ2n) is 4.82. The van der Waals surface area contributed by atoms with Crippen LogP contribution in [0.5, 0.6) is 11.5 Å². The van der Waals surface area contributed by atoms with Gasteiger partial charge >= 0.3 is 22.7 Å². The number of ether oxygens (including phenoxy) is 1. The van der Waals surface area contributed by atoms with E-state index in [-0.39, 0.29) is 0 Å². The molecule has 0 unspecified atom stereocenters. The lowest BCUT2D eigenvalue weighted by Gasteiger charge is -2.11. The molecule has 0 atom stereocenters. The minimum atomic E-state index is -1.10. The molecule has 0 heterocycles. The number of anilines is 2. The first-order chi connectivity index (χ1) is 12.6. The lowest BCUT2D eigenvalue weighted by atomic mass is 10.2. The van der Waals surface area contributed by atoms with E-state index in [1.54, 1.807) is 0 Å². The van der Waals surface area contributed by atoms with E-state index in [0.717, 1.165) is 24.3 Å². The molecule has 0 aliphatic heterocycles. The number of nitrogens with two attached hydrogens (primary N) is 2. The summed E-state index contributed by atoms with van der Waals surface area (Å²) in [6.07, 6.45) is 0. The number of hydrogen-bond donors (Lipinski definition) is 2. The van der Waals surface area contributed by atoms with Crippen LogP contribution in [0.1, 0.15) is 0 Å². The summed E-state index contributed by atoms with van der Waals surface area (Å²) in [5.41, 5.74) is 5.74. The maximum absolute atomic E-state index is 11.1. The highest BCUT2D eigenvalue weighted by Crippen LogP contribution is 2.45. The number of rotatable bonds is 6. The topological polar surface area (TPSA) is 234 Å². The van der Waals surface area contributed by atoms with Crippen molar-refractivity contribution in [1.29, 1.82) is 0 Å². The van der Waals surface area contributed by atoms with Crippen LogP contribution in [0.25, 0.3) is 0 Å². The van der Waals surface area contributed by atoms with Gasteiger partial charge in [0.05, 0.1) is 19.7 Å². The molecular formula is C12H8N6O9. The van der Waals surface area contributed by atoms with E-state index in [0.29, 0.717) is 0 Å². The van der Waals surface area contributed by atoms with Crippen LogP contribution in [0.2, 0.25) is 0 Å². The Hall–Kier alpha value is -4.56. The largest absolute Gasteiger partial charge is 0.452 e. The molecule has 2 aromatic rings. The van der Waals surface area contributed by atoms with Crippen LogP contribution in [0, 0.1) is 40.5 Å². The van der Waals surface area contributed by atoms with Crippen LogP contribution in [0.4, 0.5) is 34.1 Å². The SMILES string of the molecule is Nc1c(Oc2ccc([N+](=O)[O-])c([N+](=O)[O-])c2N)ccc([N+](=O)[O-])c1[N+](=O)[O-]. The first-order valence-electron chi connectivity index (χ1n) is 6.66. The molecule has 0 spiro atoms. The van der Waals surface area contributed by atoms with Crippen molar-refractivity contribution in [3.05, 3.63) is 64.7 Å². The van der Waals surface area contributed by atoms with Crippen molar-refractivity contribution in [2.24, 2.45) is 0 Å². The fourth-order valence-electron chi connectivity index (χ4n) is 2.13. The van der Waals surface area contributed by atoms with Gasteiger partial charge in [0, 0.05) is 12.1 Å². The molecule has 0 radical (unpaired) electrons. The van der Waals surface area contributed by atoms with Crippen molar-refractivity contribution in [3.63, 3.8) is 0 Å². The number of nitrogen functional groups attached to an aromatic ring is 2. The van der Waals surface area contributed by atoms with Crippen molar-refractivity contribution >= 4 is 34.1 Å². The maximum Gasteiger partial charge on any atom is 0.372 e. The molecule has 0 bridgehead atoms. The molecule has 4 N–H and O–H groups in total. The van der Waals surface area contributed by atoms with Gasteiger partial charge in [0.15, 0.2) is 22.9 Å². The lowest BCUT2D eigenvalue weighted by Crippen LogP contribution is -2.05. The van der Waals surface area contributed by atoms with Gasteiger partial charge in [-0.25, -0.2) is 0 Å². The van der Waals surface area contributed by atoms with Crippen molar-refractivity contribution < 1.29 is 24.4 Å². The number of nitro groups is 4. The first-order valence-corrected chi connectivity index (χ1v) is 6.66. The Morgan fingerprint density at radius 1 is 0.630 bits per heavy atom. The van der Waals surface area contributed by atoms with Gasteiger partial charge in [-0.15, -0.1) is 0 Å². The van der Waals surface area contributed by atoms with E-state index in [1.165, 1.54) is 0 Å². The van der Waals surface area contributed by atoms with E-state index in [9.17, 15) is 40.5 Å². The number of nitro benzene ring substituents is 4. The molecule has 0 aliphatic rings. The molecule has 15 heteroatoms. The normalized spacial score (nSPS) is 10.2. The molecule has 27 heavy (non-hydrogen) atoms. The number of nitrogens with zero attached hydrogens (tertiary/aromatic N) is 4. The fraction of sp³-hybridized carbons (Fsp3) is 0. The third-order valence-electron chi connectivity index (χ3n) is 3.29. The highest BCUT2D eigenvalue weighted by molar-refractivity contribution is 5.79. The summed E-state index contributed by atoms with van der Waals surface area (Å²) in [6, 6.07) is 3.35. The standard InChI is InChI=1S/C12H8N6O9/c13-9-7(3-1-5(15(19)20)11(9)17(23)24)27-8-4-2-6(16(21)22)12(10(8)14)18(25)26/h1-4H,13-14H2. The third-order valence-corrected chi connectivity index (χ3v) is 3.29. The van der Waals surface area contributed by atoms with Crippen LogP contribution in [-0.4, -0.2) is 19.7 Å². The maximum atomic E-state index is 11.1. The molecule has 0 aromatic heterocycles. The average Bonchev–Trinajstić information content (AvgIpc) is 2.56. The summed E-state index contributed by atoms with van der Waals surface area (Å²) < 4.78 is 5.19. The van der Waals surface area contributed by atoms with Gasteiger partial charge in [0.1, 0.15) is 0 Å².